The number of likely N-dealkylation sites (tertiary alicyclic amines) is 2. The minimum absolute atomic E-state index is 0.162. The van der Waals surface area contributed by atoms with Crippen LogP contribution >= 0.6 is 11.6 Å². The van der Waals surface area contributed by atoms with Gasteiger partial charge in [-0.1, -0.05) is 11.6 Å². The van der Waals surface area contributed by atoms with Gasteiger partial charge in [0.15, 0.2) is 0 Å². The predicted molar refractivity (Wildman–Crippen MR) is 148 cm³/mol. The Labute approximate surface area is 225 Å². The molecular weight excluding hydrogens is 507 g/mol. The summed E-state index contributed by atoms with van der Waals surface area (Å²) >= 11 is 5.99. The molecule has 0 unspecified atom stereocenters. The summed E-state index contributed by atoms with van der Waals surface area (Å²) in [7, 11) is 2.13. The van der Waals surface area contributed by atoms with E-state index in [0.717, 1.165) is 31.3 Å². The molecule has 2 aliphatic heterocycles. The first-order valence-electron chi connectivity index (χ1n) is 12.4. The predicted octanol–water partition coefficient (Wildman–Crippen LogP) is 4.77. The standard InChI is InChI=1S/C28H30ClFN6O2/c1-35-16-28(17-35)7-10-36(11-8-28)27(37)38-20-3-4-21-25(6-9-33-26(21)14-20)34-19(15-31)13-24(32)22-12-18(29)2-5-23(22)30/h2-6,9,12-15H,7-8,10-11,16-17,31-32H2,1H3,(H,33,34)/b19-15+,24-13-. The molecule has 8 nitrogen and oxygen atoms in total. The van der Waals surface area contributed by atoms with Gasteiger partial charge in [0.05, 0.1) is 11.2 Å². The minimum Gasteiger partial charge on any atom is -0.410 e. The monoisotopic (exact) mass is 536 g/mol. The number of nitrogens with two attached hydrogens (primary N) is 2. The van der Waals surface area contributed by atoms with E-state index in [2.05, 4.69) is 22.2 Å². The van der Waals surface area contributed by atoms with Crippen molar-refractivity contribution in [1.82, 2.24) is 14.8 Å². The van der Waals surface area contributed by atoms with E-state index in [-0.39, 0.29) is 17.4 Å². The lowest BCUT2D eigenvalue weighted by Crippen LogP contribution is -2.59. The Morgan fingerprint density at radius 2 is 1.95 bits per heavy atom. The zero-order valence-corrected chi connectivity index (χ0v) is 21.8. The van der Waals surface area contributed by atoms with Crippen LogP contribution in [0.4, 0.5) is 14.9 Å². The van der Waals surface area contributed by atoms with Gasteiger partial charge < -0.3 is 31.3 Å². The normalized spacial score (nSPS) is 17.9. The van der Waals surface area contributed by atoms with Crippen LogP contribution in [0.2, 0.25) is 5.02 Å². The lowest BCUT2D eigenvalue weighted by Gasteiger charge is -2.52. The molecule has 0 aliphatic carbocycles. The van der Waals surface area contributed by atoms with Crippen molar-refractivity contribution in [3.05, 3.63) is 83.0 Å². The van der Waals surface area contributed by atoms with E-state index < -0.39 is 5.82 Å². The van der Waals surface area contributed by atoms with Gasteiger partial charge in [-0.25, -0.2) is 9.18 Å². The smallest absolute Gasteiger partial charge is 0.410 e. The van der Waals surface area contributed by atoms with Crippen LogP contribution in [0.15, 0.2) is 66.6 Å². The molecule has 198 valence electrons. The molecule has 0 saturated carbocycles. The highest BCUT2D eigenvalue weighted by atomic mass is 35.5. The number of carbonyl (C=O) groups excluding carboxylic acids is 1. The molecule has 5 N–H and O–H groups in total. The molecule has 0 radical (unpaired) electrons. The SMILES string of the molecule is CN1CC2(CCN(C(=O)Oc3ccc4c(NC(/C=C(\N)c5cc(Cl)ccc5F)=C/N)ccnc4c3)CC2)C1. The number of ether oxygens (including phenoxy) is 1. The molecule has 2 aromatic carbocycles. The second-order valence-corrected chi connectivity index (χ2v) is 10.5. The summed E-state index contributed by atoms with van der Waals surface area (Å²) in [5.41, 5.74) is 14.4. The number of allylic oxidation sites excluding steroid dienone is 1. The molecule has 3 aromatic rings. The number of hydrogen-bond acceptors (Lipinski definition) is 7. The average molecular weight is 537 g/mol. The number of fused-ring (bicyclic) bond motifs is 1. The third-order valence-corrected chi connectivity index (χ3v) is 7.46. The van der Waals surface area contributed by atoms with Crippen molar-refractivity contribution in [2.24, 2.45) is 16.9 Å². The second-order valence-electron chi connectivity index (χ2n) is 10.0. The number of nitrogens with zero attached hydrogens (tertiary/aromatic N) is 3. The van der Waals surface area contributed by atoms with Gasteiger partial charge in [-0.3, -0.25) is 4.98 Å². The molecule has 1 amide bonds. The minimum atomic E-state index is -0.490. The molecule has 2 saturated heterocycles. The molecule has 2 fully saturated rings. The van der Waals surface area contributed by atoms with Crippen LogP contribution in [0, 0.1) is 11.2 Å². The van der Waals surface area contributed by atoms with Gasteiger partial charge in [0, 0.05) is 72.0 Å². The van der Waals surface area contributed by atoms with E-state index >= 15 is 0 Å². The van der Waals surface area contributed by atoms with Gasteiger partial charge in [-0.15, -0.1) is 0 Å². The Balaban J connectivity index is 1.28. The van der Waals surface area contributed by atoms with Gasteiger partial charge in [0.2, 0.25) is 0 Å². The maximum absolute atomic E-state index is 14.2. The Morgan fingerprint density at radius 3 is 2.66 bits per heavy atom. The van der Waals surface area contributed by atoms with E-state index in [0.29, 0.717) is 46.2 Å². The molecule has 1 aromatic heterocycles. The first kappa shape index (κ1) is 25.8. The number of carbonyl (C=O) groups is 1. The van der Waals surface area contributed by atoms with Gasteiger partial charge in [-0.05, 0) is 67.8 Å². The van der Waals surface area contributed by atoms with Gasteiger partial charge >= 0.3 is 6.09 Å². The average Bonchev–Trinajstić information content (AvgIpc) is 2.89. The maximum Gasteiger partial charge on any atom is 0.415 e. The largest absolute Gasteiger partial charge is 0.415 e. The number of piperidine rings is 1. The number of benzene rings is 2. The molecule has 5 rings (SSSR count). The van der Waals surface area contributed by atoms with Crippen molar-refractivity contribution in [1.29, 1.82) is 0 Å². The summed E-state index contributed by atoms with van der Waals surface area (Å²) in [6.45, 7) is 3.61. The fraction of sp³-hybridized carbons (Fsp3) is 0.286. The van der Waals surface area contributed by atoms with Crippen molar-refractivity contribution >= 4 is 40.0 Å². The third-order valence-electron chi connectivity index (χ3n) is 7.22. The van der Waals surface area contributed by atoms with Crippen LogP contribution < -0.4 is 21.5 Å². The van der Waals surface area contributed by atoms with E-state index in [1.807, 2.05) is 6.07 Å². The lowest BCUT2D eigenvalue weighted by molar-refractivity contribution is -0.0265. The molecule has 38 heavy (non-hydrogen) atoms. The fourth-order valence-electron chi connectivity index (χ4n) is 5.29. The summed E-state index contributed by atoms with van der Waals surface area (Å²) in [4.78, 5) is 21.3. The Hall–Kier alpha value is -3.82. The first-order valence-corrected chi connectivity index (χ1v) is 12.8. The van der Waals surface area contributed by atoms with Crippen molar-refractivity contribution in [3.63, 3.8) is 0 Å². The van der Waals surface area contributed by atoms with Crippen LogP contribution in [0.25, 0.3) is 16.6 Å². The van der Waals surface area contributed by atoms with Crippen LogP contribution in [0.1, 0.15) is 18.4 Å². The van der Waals surface area contributed by atoms with E-state index in [4.69, 9.17) is 27.8 Å². The Morgan fingerprint density at radius 1 is 1.18 bits per heavy atom. The summed E-state index contributed by atoms with van der Waals surface area (Å²) < 4.78 is 19.9. The number of pyridine rings is 1. The molecule has 2 aliphatic rings. The van der Waals surface area contributed by atoms with Crippen LogP contribution in [0.3, 0.4) is 0 Å². The first-order chi connectivity index (χ1) is 18.2. The summed E-state index contributed by atoms with van der Waals surface area (Å²) in [5.74, 6) is -0.0679. The number of rotatable bonds is 5. The van der Waals surface area contributed by atoms with Crippen LogP contribution in [-0.4, -0.2) is 54.1 Å². The molecule has 10 heteroatoms. The Bertz CT molecular complexity index is 1430. The van der Waals surface area contributed by atoms with Crippen molar-refractivity contribution < 1.29 is 13.9 Å². The third kappa shape index (κ3) is 5.39. The number of nitrogens with one attached hydrogen (secondary N) is 1. The molecule has 3 heterocycles. The van der Waals surface area contributed by atoms with Crippen molar-refractivity contribution in [2.45, 2.75) is 12.8 Å². The zero-order chi connectivity index (χ0) is 26.9. The van der Waals surface area contributed by atoms with Crippen LogP contribution in [0.5, 0.6) is 5.75 Å². The zero-order valence-electron chi connectivity index (χ0n) is 21.1. The van der Waals surface area contributed by atoms with Crippen LogP contribution in [-0.2, 0) is 0 Å². The summed E-state index contributed by atoms with van der Waals surface area (Å²) in [5, 5.41) is 4.36. The molecule has 1 spiro atoms. The fourth-order valence-corrected chi connectivity index (χ4v) is 5.46. The summed E-state index contributed by atoms with van der Waals surface area (Å²) in [6.07, 6.45) is 6.15. The van der Waals surface area contributed by atoms with Gasteiger partial charge in [0.25, 0.3) is 0 Å². The molecular formula is C28H30ClFN6O2. The highest BCUT2D eigenvalue weighted by molar-refractivity contribution is 6.30. The van der Waals surface area contributed by atoms with Gasteiger partial charge in [-0.2, -0.15) is 0 Å². The topological polar surface area (TPSA) is 110 Å². The number of aromatic nitrogens is 1. The van der Waals surface area contributed by atoms with E-state index in [9.17, 15) is 9.18 Å². The summed E-state index contributed by atoms with van der Waals surface area (Å²) in [6, 6.07) is 11.2. The molecule has 0 atom stereocenters. The number of amides is 1. The van der Waals surface area contributed by atoms with E-state index in [1.165, 1.54) is 30.5 Å². The number of halogens is 2. The number of hydrogen-bond donors (Lipinski definition) is 3. The van der Waals surface area contributed by atoms with Crippen molar-refractivity contribution in [2.75, 3.05) is 38.5 Å². The molecule has 0 bridgehead atoms. The Kier molecular flexibility index (Phi) is 7.14. The van der Waals surface area contributed by atoms with Crippen molar-refractivity contribution in [3.8, 4) is 5.75 Å². The lowest BCUT2D eigenvalue weighted by atomic mass is 9.72. The van der Waals surface area contributed by atoms with E-state index in [1.54, 1.807) is 29.3 Å². The van der Waals surface area contributed by atoms with Gasteiger partial charge in [0.1, 0.15) is 11.6 Å². The highest BCUT2D eigenvalue weighted by Crippen LogP contribution is 2.39. The highest BCUT2D eigenvalue weighted by Gasteiger charge is 2.44. The quantitative estimate of drug-likeness (QED) is 0.403. The maximum atomic E-state index is 14.2. The second kappa shape index (κ2) is 10.5. The number of anilines is 1.